The van der Waals surface area contributed by atoms with E-state index >= 15 is 0 Å². The Bertz CT molecular complexity index is 1230. The molecule has 0 atom stereocenters. The number of para-hydroxylation sites is 1. The van der Waals surface area contributed by atoms with Crippen molar-refractivity contribution in [1.29, 1.82) is 0 Å². The highest BCUT2D eigenvalue weighted by Gasteiger charge is 2.15. The third-order valence-electron chi connectivity index (χ3n) is 4.87. The number of aryl methyl sites for hydroxylation is 1. The van der Waals surface area contributed by atoms with E-state index in [-0.39, 0.29) is 10.8 Å². The third kappa shape index (κ3) is 4.95. The van der Waals surface area contributed by atoms with Crippen LogP contribution in [0.2, 0.25) is 5.02 Å². The quantitative estimate of drug-likeness (QED) is 0.396. The monoisotopic (exact) mass is 452 g/mol. The molecule has 4 aromatic rings. The fraction of sp³-hybridized carbons (Fsp3) is 0.174. The van der Waals surface area contributed by atoms with Crippen LogP contribution in [0.3, 0.4) is 0 Å². The molecule has 6 nitrogen and oxygen atoms in total. The van der Waals surface area contributed by atoms with Crippen LogP contribution in [0, 0.1) is 0 Å². The Morgan fingerprint density at radius 1 is 1.10 bits per heavy atom. The van der Waals surface area contributed by atoms with E-state index in [9.17, 15) is 9.59 Å². The third-order valence-corrected chi connectivity index (χ3v) is 5.91. The van der Waals surface area contributed by atoms with Crippen molar-refractivity contribution in [1.82, 2.24) is 19.7 Å². The summed E-state index contributed by atoms with van der Waals surface area (Å²) in [5.41, 5.74) is 2.66. The van der Waals surface area contributed by atoms with Gasteiger partial charge in [-0.15, -0.1) is 0 Å². The summed E-state index contributed by atoms with van der Waals surface area (Å²) < 4.78 is 3.46. The lowest BCUT2D eigenvalue weighted by Gasteiger charge is -2.11. The highest BCUT2D eigenvalue weighted by molar-refractivity contribution is 7.07. The molecule has 4 rings (SSSR count). The Kier molecular flexibility index (Phi) is 6.64. The Labute approximate surface area is 188 Å². The van der Waals surface area contributed by atoms with Gasteiger partial charge < -0.3 is 5.32 Å². The second kappa shape index (κ2) is 9.76. The molecule has 0 bridgehead atoms. The topological polar surface area (TPSA) is 68.9 Å². The van der Waals surface area contributed by atoms with Crippen LogP contribution in [0.4, 0.5) is 0 Å². The van der Waals surface area contributed by atoms with Crippen LogP contribution < -0.4 is 10.2 Å². The van der Waals surface area contributed by atoms with Gasteiger partial charge >= 0.3 is 4.87 Å². The Morgan fingerprint density at radius 2 is 1.97 bits per heavy atom. The minimum Gasteiger partial charge on any atom is -0.352 e. The number of hydrogen-bond acceptors (Lipinski definition) is 4. The first-order valence-electron chi connectivity index (χ1n) is 9.95. The lowest BCUT2D eigenvalue weighted by molar-refractivity contribution is 0.0953. The van der Waals surface area contributed by atoms with E-state index in [4.69, 9.17) is 11.6 Å². The molecule has 0 spiro atoms. The number of unbranched alkanes of at least 4 members (excludes halogenated alkanes) is 1. The van der Waals surface area contributed by atoms with E-state index in [2.05, 4.69) is 10.4 Å². The van der Waals surface area contributed by atoms with E-state index in [1.807, 2.05) is 41.2 Å². The summed E-state index contributed by atoms with van der Waals surface area (Å²) in [5, 5.41) is 9.41. The molecule has 31 heavy (non-hydrogen) atoms. The molecule has 0 fully saturated rings. The van der Waals surface area contributed by atoms with Crippen molar-refractivity contribution in [2.24, 2.45) is 0 Å². The lowest BCUT2D eigenvalue weighted by Crippen LogP contribution is -2.24. The average molecular weight is 453 g/mol. The number of benzene rings is 2. The Morgan fingerprint density at radius 3 is 2.77 bits per heavy atom. The molecule has 0 aliphatic carbocycles. The SMILES string of the molecule is O=C(NCCCCn1cccn1)c1cccc(-c2csc(=O)n2-c2ccccc2Cl)c1. The molecule has 158 valence electrons. The number of amides is 1. The van der Waals surface area contributed by atoms with Gasteiger partial charge in [-0.2, -0.15) is 5.10 Å². The highest BCUT2D eigenvalue weighted by Crippen LogP contribution is 2.27. The minimum atomic E-state index is -0.136. The summed E-state index contributed by atoms with van der Waals surface area (Å²) in [6, 6.07) is 16.4. The van der Waals surface area contributed by atoms with E-state index in [0.717, 1.165) is 36.3 Å². The number of aromatic nitrogens is 3. The zero-order chi connectivity index (χ0) is 21.6. The second-order valence-electron chi connectivity index (χ2n) is 6.99. The maximum absolute atomic E-state index is 12.6. The van der Waals surface area contributed by atoms with Gasteiger partial charge in [0.1, 0.15) is 0 Å². The molecule has 0 radical (unpaired) electrons. The van der Waals surface area contributed by atoms with Gasteiger partial charge in [0.05, 0.1) is 16.4 Å². The van der Waals surface area contributed by atoms with Gasteiger partial charge in [-0.05, 0) is 43.2 Å². The van der Waals surface area contributed by atoms with E-state index in [0.29, 0.717) is 28.5 Å². The summed E-state index contributed by atoms with van der Waals surface area (Å²) in [6.45, 7) is 1.42. The molecule has 8 heteroatoms. The van der Waals surface area contributed by atoms with Crippen LogP contribution in [-0.4, -0.2) is 26.8 Å². The zero-order valence-corrected chi connectivity index (χ0v) is 18.3. The maximum atomic E-state index is 12.6. The van der Waals surface area contributed by atoms with E-state index in [1.165, 1.54) is 0 Å². The van der Waals surface area contributed by atoms with Crippen LogP contribution in [0.25, 0.3) is 16.9 Å². The summed E-state index contributed by atoms with van der Waals surface area (Å²) in [5.74, 6) is -0.136. The van der Waals surface area contributed by atoms with Gasteiger partial charge in [-0.1, -0.05) is 47.2 Å². The first-order valence-corrected chi connectivity index (χ1v) is 11.2. The fourth-order valence-corrected chi connectivity index (χ4v) is 4.30. The number of carbonyl (C=O) groups excluding carboxylic acids is 1. The van der Waals surface area contributed by atoms with Gasteiger partial charge in [0.2, 0.25) is 0 Å². The lowest BCUT2D eigenvalue weighted by atomic mass is 10.1. The number of rotatable bonds is 8. The normalized spacial score (nSPS) is 10.9. The van der Waals surface area contributed by atoms with Crippen LogP contribution in [0.15, 0.2) is 77.2 Å². The van der Waals surface area contributed by atoms with Crippen molar-refractivity contribution in [2.75, 3.05) is 6.54 Å². The highest BCUT2D eigenvalue weighted by atomic mass is 35.5. The molecule has 2 aromatic carbocycles. The number of nitrogens with zero attached hydrogens (tertiary/aromatic N) is 3. The first-order chi connectivity index (χ1) is 15.1. The average Bonchev–Trinajstić information content (AvgIpc) is 3.44. The van der Waals surface area contributed by atoms with Gasteiger partial charge in [0.15, 0.2) is 0 Å². The van der Waals surface area contributed by atoms with Crippen LogP contribution in [-0.2, 0) is 6.54 Å². The minimum absolute atomic E-state index is 0.130. The van der Waals surface area contributed by atoms with Gasteiger partial charge in [0, 0.05) is 42.0 Å². The molecule has 1 N–H and O–H groups in total. The molecule has 0 saturated heterocycles. The number of halogens is 1. The van der Waals surface area contributed by atoms with Crippen molar-refractivity contribution >= 4 is 28.8 Å². The molecule has 0 aliphatic rings. The molecule has 2 aromatic heterocycles. The molecule has 0 saturated carbocycles. The number of thiazole rings is 1. The van der Waals surface area contributed by atoms with Crippen molar-refractivity contribution < 1.29 is 4.79 Å². The standard InChI is InChI=1S/C23H21ClN4O2S/c24-19-9-1-2-10-20(19)28-21(16-31-23(28)30)17-7-5-8-18(15-17)22(29)25-11-3-4-13-27-14-6-12-26-27/h1-2,5-10,12,14-16H,3-4,11,13H2,(H,25,29). The summed E-state index contributed by atoms with van der Waals surface area (Å²) in [7, 11) is 0. The fourth-order valence-electron chi connectivity index (χ4n) is 3.32. The molecule has 2 heterocycles. The summed E-state index contributed by atoms with van der Waals surface area (Å²) in [4.78, 5) is 25.0. The predicted octanol–water partition coefficient (Wildman–Crippen LogP) is 4.63. The summed E-state index contributed by atoms with van der Waals surface area (Å²) >= 11 is 7.42. The number of carbonyl (C=O) groups is 1. The van der Waals surface area contributed by atoms with E-state index < -0.39 is 0 Å². The predicted molar refractivity (Wildman–Crippen MR) is 124 cm³/mol. The van der Waals surface area contributed by atoms with Crippen LogP contribution in [0.1, 0.15) is 23.2 Å². The molecular formula is C23H21ClN4O2S. The van der Waals surface area contributed by atoms with Crippen LogP contribution >= 0.6 is 22.9 Å². The second-order valence-corrected chi connectivity index (χ2v) is 8.21. The van der Waals surface area contributed by atoms with Gasteiger partial charge in [-0.3, -0.25) is 18.8 Å². The Balaban J connectivity index is 1.46. The van der Waals surface area contributed by atoms with Gasteiger partial charge in [-0.25, -0.2) is 0 Å². The van der Waals surface area contributed by atoms with Crippen molar-refractivity contribution in [3.63, 3.8) is 0 Å². The maximum Gasteiger partial charge on any atom is 0.312 e. The summed E-state index contributed by atoms with van der Waals surface area (Å²) in [6.07, 6.45) is 5.48. The molecular weight excluding hydrogens is 432 g/mol. The van der Waals surface area contributed by atoms with Crippen molar-refractivity contribution in [3.05, 3.63) is 92.6 Å². The first kappa shape index (κ1) is 21.1. The van der Waals surface area contributed by atoms with Crippen molar-refractivity contribution in [3.8, 4) is 16.9 Å². The number of nitrogens with one attached hydrogen (secondary N) is 1. The largest absolute Gasteiger partial charge is 0.352 e. The Hall–Kier alpha value is -3.16. The molecule has 0 aliphatic heterocycles. The smallest absolute Gasteiger partial charge is 0.312 e. The number of hydrogen-bond donors (Lipinski definition) is 1. The zero-order valence-electron chi connectivity index (χ0n) is 16.7. The van der Waals surface area contributed by atoms with Crippen molar-refractivity contribution in [2.45, 2.75) is 19.4 Å². The molecule has 0 unspecified atom stereocenters. The molecule has 1 amide bonds. The van der Waals surface area contributed by atoms with E-state index in [1.54, 1.807) is 40.4 Å². The van der Waals surface area contributed by atoms with Gasteiger partial charge in [0.25, 0.3) is 5.91 Å². The van der Waals surface area contributed by atoms with Crippen LogP contribution in [0.5, 0.6) is 0 Å².